The third kappa shape index (κ3) is 1.21. The lowest BCUT2D eigenvalue weighted by Crippen LogP contribution is -2.31. The molecule has 0 N–H and O–H groups in total. The Morgan fingerprint density at radius 1 is 1.67 bits per heavy atom. The summed E-state index contributed by atoms with van der Waals surface area (Å²) in [6.07, 6.45) is 3.48. The third-order valence-electron chi connectivity index (χ3n) is 1.79. The summed E-state index contributed by atoms with van der Waals surface area (Å²) in [5, 5.41) is 8.70. The second-order valence-corrected chi connectivity index (χ2v) is 4.04. The van der Waals surface area contributed by atoms with E-state index in [1.165, 1.54) is 6.42 Å². The summed E-state index contributed by atoms with van der Waals surface area (Å²) in [6, 6.07) is 2.38. The highest BCUT2D eigenvalue weighted by molar-refractivity contribution is 8.00. The molecule has 1 fully saturated rings. The van der Waals surface area contributed by atoms with Crippen molar-refractivity contribution in [2.45, 2.75) is 30.9 Å². The van der Waals surface area contributed by atoms with Crippen molar-refractivity contribution in [2.75, 3.05) is 5.75 Å². The zero-order valence-electron chi connectivity index (χ0n) is 5.68. The molecule has 0 aromatic carbocycles. The smallest absolute Gasteiger partial charge is 0.102 e. The average molecular weight is 141 g/mol. The van der Waals surface area contributed by atoms with Gasteiger partial charge in [-0.3, -0.25) is 0 Å². The molecule has 0 amide bonds. The first-order chi connectivity index (χ1) is 4.33. The average Bonchev–Trinajstić information content (AvgIpc) is 1.79. The fraction of sp³-hybridized carbons (Fsp3) is 0.857. The Kier molecular flexibility index (Phi) is 2.02. The van der Waals surface area contributed by atoms with Crippen molar-refractivity contribution in [3.63, 3.8) is 0 Å². The Morgan fingerprint density at radius 3 is 2.44 bits per heavy atom. The molecule has 1 saturated carbocycles. The minimum Gasteiger partial charge on any atom is -0.197 e. The molecular formula is C7H11NS. The molecule has 0 heterocycles. The summed E-state index contributed by atoms with van der Waals surface area (Å²) in [6.45, 7) is 2.11. The summed E-state index contributed by atoms with van der Waals surface area (Å²) >= 11 is 1.80. The molecule has 0 aliphatic heterocycles. The van der Waals surface area contributed by atoms with Crippen molar-refractivity contribution in [3.05, 3.63) is 0 Å². The molecular weight excluding hydrogens is 130 g/mol. The van der Waals surface area contributed by atoms with E-state index in [2.05, 4.69) is 13.0 Å². The van der Waals surface area contributed by atoms with Crippen molar-refractivity contribution in [3.8, 4) is 6.07 Å². The van der Waals surface area contributed by atoms with E-state index in [0.717, 1.165) is 18.6 Å². The summed E-state index contributed by atoms with van der Waals surface area (Å²) in [4.78, 5) is 0. The summed E-state index contributed by atoms with van der Waals surface area (Å²) < 4.78 is 0.0365. The standard InChI is InChI=1S/C7H11NS/c1-2-9-7(6-8)4-3-5-7/h2-5H2,1H3. The minimum atomic E-state index is 0.0365. The van der Waals surface area contributed by atoms with Gasteiger partial charge in [0.15, 0.2) is 0 Å². The molecule has 1 aliphatic carbocycles. The number of nitriles is 1. The Morgan fingerprint density at radius 2 is 2.33 bits per heavy atom. The fourth-order valence-corrected chi connectivity index (χ4v) is 2.26. The Hall–Kier alpha value is -0.160. The first-order valence-corrected chi connectivity index (χ1v) is 4.37. The van der Waals surface area contributed by atoms with E-state index in [4.69, 9.17) is 5.26 Å². The van der Waals surface area contributed by atoms with Gasteiger partial charge in [-0.2, -0.15) is 5.26 Å². The van der Waals surface area contributed by atoms with Gasteiger partial charge in [0.2, 0.25) is 0 Å². The summed E-state index contributed by atoms with van der Waals surface area (Å²) in [5.74, 6) is 1.08. The monoisotopic (exact) mass is 141 g/mol. The van der Waals surface area contributed by atoms with Crippen LogP contribution in [0.5, 0.6) is 0 Å². The Balaban J connectivity index is 2.40. The quantitative estimate of drug-likeness (QED) is 0.588. The molecule has 0 saturated heterocycles. The van der Waals surface area contributed by atoms with Gasteiger partial charge < -0.3 is 0 Å². The number of rotatable bonds is 2. The van der Waals surface area contributed by atoms with Crippen molar-refractivity contribution in [1.29, 1.82) is 5.26 Å². The first kappa shape index (κ1) is 6.95. The third-order valence-corrected chi connectivity index (χ3v) is 3.13. The fourth-order valence-electron chi connectivity index (χ4n) is 1.06. The molecule has 9 heavy (non-hydrogen) atoms. The maximum Gasteiger partial charge on any atom is 0.102 e. The Bertz CT molecular complexity index is 132. The lowest BCUT2D eigenvalue weighted by molar-refractivity contribution is 0.440. The molecule has 1 rings (SSSR count). The van der Waals surface area contributed by atoms with Crippen LogP contribution in [0.3, 0.4) is 0 Å². The lowest BCUT2D eigenvalue weighted by Gasteiger charge is -2.33. The van der Waals surface area contributed by atoms with E-state index >= 15 is 0 Å². The van der Waals surface area contributed by atoms with Crippen LogP contribution in [0.2, 0.25) is 0 Å². The number of nitrogens with zero attached hydrogens (tertiary/aromatic N) is 1. The van der Waals surface area contributed by atoms with Gasteiger partial charge in [0, 0.05) is 0 Å². The molecule has 0 atom stereocenters. The van der Waals surface area contributed by atoms with E-state index in [1.54, 1.807) is 11.8 Å². The van der Waals surface area contributed by atoms with Gasteiger partial charge in [-0.05, 0) is 25.0 Å². The van der Waals surface area contributed by atoms with E-state index in [0.29, 0.717) is 0 Å². The number of hydrogen-bond donors (Lipinski definition) is 0. The van der Waals surface area contributed by atoms with Gasteiger partial charge in [0.1, 0.15) is 4.75 Å². The topological polar surface area (TPSA) is 23.8 Å². The van der Waals surface area contributed by atoms with Crippen molar-refractivity contribution in [1.82, 2.24) is 0 Å². The van der Waals surface area contributed by atoms with Gasteiger partial charge in [-0.25, -0.2) is 0 Å². The molecule has 1 nitrogen and oxygen atoms in total. The SMILES string of the molecule is CCSC1(C#N)CCC1. The molecule has 1 aliphatic rings. The molecule has 2 heteroatoms. The highest BCUT2D eigenvalue weighted by Crippen LogP contribution is 2.43. The maximum absolute atomic E-state index is 8.70. The van der Waals surface area contributed by atoms with Crippen LogP contribution in [-0.4, -0.2) is 10.5 Å². The second-order valence-electron chi connectivity index (χ2n) is 2.39. The van der Waals surface area contributed by atoms with E-state index < -0.39 is 0 Å². The molecule has 0 aromatic rings. The van der Waals surface area contributed by atoms with Gasteiger partial charge in [-0.1, -0.05) is 6.92 Å². The van der Waals surface area contributed by atoms with Crippen LogP contribution >= 0.6 is 11.8 Å². The van der Waals surface area contributed by atoms with Crippen LogP contribution in [0.25, 0.3) is 0 Å². The van der Waals surface area contributed by atoms with Gasteiger partial charge >= 0.3 is 0 Å². The molecule has 0 radical (unpaired) electrons. The van der Waals surface area contributed by atoms with Crippen LogP contribution in [0.15, 0.2) is 0 Å². The van der Waals surface area contributed by atoms with Gasteiger partial charge in [-0.15, -0.1) is 11.8 Å². The predicted octanol–water partition coefficient (Wildman–Crippen LogP) is 2.19. The lowest BCUT2D eigenvalue weighted by atomic mass is 9.86. The van der Waals surface area contributed by atoms with Crippen LogP contribution in [0.4, 0.5) is 0 Å². The van der Waals surface area contributed by atoms with Crippen LogP contribution < -0.4 is 0 Å². The van der Waals surface area contributed by atoms with Crippen molar-refractivity contribution >= 4 is 11.8 Å². The molecule has 0 aromatic heterocycles. The number of thioether (sulfide) groups is 1. The van der Waals surface area contributed by atoms with E-state index in [-0.39, 0.29) is 4.75 Å². The maximum atomic E-state index is 8.70. The molecule has 50 valence electrons. The highest BCUT2D eigenvalue weighted by Gasteiger charge is 2.36. The molecule has 0 bridgehead atoms. The molecule has 0 spiro atoms. The van der Waals surface area contributed by atoms with Crippen LogP contribution in [-0.2, 0) is 0 Å². The van der Waals surface area contributed by atoms with Crippen LogP contribution in [0, 0.1) is 11.3 Å². The second kappa shape index (κ2) is 2.62. The zero-order chi connectivity index (χ0) is 6.74. The van der Waals surface area contributed by atoms with Gasteiger partial charge in [0.25, 0.3) is 0 Å². The van der Waals surface area contributed by atoms with Gasteiger partial charge in [0.05, 0.1) is 6.07 Å². The number of hydrogen-bond acceptors (Lipinski definition) is 2. The summed E-state index contributed by atoms with van der Waals surface area (Å²) in [7, 11) is 0. The molecule has 0 unspecified atom stereocenters. The predicted molar refractivity (Wildman–Crippen MR) is 40.3 cm³/mol. The summed E-state index contributed by atoms with van der Waals surface area (Å²) in [5.41, 5.74) is 0. The van der Waals surface area contributed by atoms with Crippen LogP contribution in [0.1, 0.15) is 26.2 Å². The van der Waals surface area contributed by atoms with Crippen molar-refractivity contribution < 1.29 is 0 Å². The Labute approximate surface area is 60.4 Å². The largest absolute Gasteiger partial charge is 0.197 e. The van der Waals surface area contributed by atoms with E-state index in [1.807, 2.05) is 0 Å². The zero-order valence-corrected chi connectivity index (χ0v) is 6.50. The first-order valence-electron chi connectivity index (χ1n) is 3.38. The minimum absolute atomic E-state index is 0.0365. The highest BCUT2D eigenvalue weighted by atomic mass is 32.2. The normalized spacial score (nSPS) is 22.2. The van der Waals surface area contributed by atoms with E-state index in [9.17, 15) is 0 Å². The van der Waals surface area contributed by atoms with Crippen molar-refractivity contribution in [2.24, 2.45) is 0 Å².